The van der Waals surface area contributed by atoms with Crippen molar-refractivity contribution in [2.75, 3.05) is 32.7 Å². The quantitative estimate of drug-likeness (QED) is 0.400. The Hall–Kier alpha value is -4.41. The van der Waals surface area contributed by atoms with Gasteiger partial charge in [-0.2, -0.15) is 0 Å². The zero-order chi connectivity index (χ0) is 32.4. The van der Waals surface area contributed by atoms with Crippen LogP contribution in [0.25, 0.3) is 0 Å². The number of ether oxygens (including phenoxy) is 2. The SMILES string of the molecule is CC(C)(C)OC(=O)N1CCN(C(=O)CCC(=O)N2CCCC2C(=O)NC(CC(=O)OCc2ccccc2)c2ccccc2)CC1. The van der Waals surface area contributed by atoms with Gasteiger partial charge in [-0.05, 0) is 44.7 Å². The van der Waals surface area contributed by atoms with E-state index in [0.717, 1.165) is 11.1 Å². The number of esters is 1. The minimum absolute atomic E-state index is 0.0111. The van der Waals surface area contributed by atoms with Gasteiger partial charge in [-0.1, -0.05) is 60.7 Å². The lowest BCUT2D eigenvalue weighted by Crippen LogP contribution is -2.51. The molecule has 0 bridgehead atoms. The van der Waals surface area contributed by atoms with Crippen molar-refractivity contribution in [3.8, 4) is 0 Å². The molecule has 0 aromatic heterocycles. The lowest BCUT2D eigenvalue weighted by Gasteiger charge is -2.35. The molecule has 2 fully saturated rings. The first kappa shape index (κ1) is 33.5. The molecular formula is C34H44N4O7. The topological polar surface area (TPSA) is 126 Å². The first-order valence-corrected chi connectivity index (χ1v) is 15.6. The van der Waals surface area contributed by atoms with Crippen LogP contribution in [0.4, 0.5) is 4.79 Å². The Kier molecular flexibility index (Phi) is 11.6. The Morgan fingerprint density at radius 1 is 0.822 bits per heavy atom. The van der Waals surface area contributed by atoms with Crippen LogP contribution in [0.15, 0.2) is 60.7 Å². The van der Waals surface area contributed by atoms with Crippen LogP contribution >= 0.6 is 0 Å². The average molecular weight is 621 g/mol. The van der Waals surface area contributed by atoms with E-state index in [4.69, 9.17) is 9.47 Å². The molecule has 11 nitrogen and oxygen atoms in total. The van der Waals surface area contributed by atoms with E-state index >= 15 is 0 Å². The van der Waals surface area contributed by atoms with Crippen molar-refractivity contribution in [1.82, 2.24) is 20.0 Å². The molecule has 11 heteroatoms. The number of rotatable bonds is 10. The zero-order valence-electron chi connectivity index (χ0n) is 26.4. The van der Waals surface area contributed by atoms with E-state index in [0.29, 0.717) is 45.6 Å². The number of likely N-dealkylation sites (tertiary alicyclic amines) is 1. The van der Waals surface area contributed by atoms with Crippen LogP contribution in [-0.2, 0) is 35.3 Å². The molecule has 2 unspecified atom stereocenters. The highest BCUT2D eigenvalue weighted by atomic mass is 16.6. The van der Waals surface area contributed by atoms with Crippen molar-refractivity contribution in [2.45, 2.75) is 77.2 Å². The van der Waals surface area contributed by atoms with Gasteiger partial charge >= 0.3 is 12.1 Å². The maximum Gasteiger partial charge on any atom is 0.410 e. The van der Waals surface area contributed by atoms with Crippen LogP contribution in [-0.4, -0.2) is 88.9 Å². The van der Waals surface area contributed by atoms with Gasteiger partial charge in [0.05, 0.1) is 12.5 Å². The summed E-state index contributed by atoms with van der Waals surface area (Å²) in [5.74, 6) is -1.20. The fourth-order valence-electron chi connectivity index (χ4n) is 5.49. The summed E-state index contributed by atoms with van der Waals surface area (Å²) >= 11 is 0. The van der Waals surface area contributed by atoms with Crippen molar-refractivity contribution in [3.63, 3.8) is 0 Å². The predicted molar refractivity (Wildman–Crippen MR) is 167 cm³/mol. The molecule has 0 spiro atoms. The summed E-state index contributed by atoms with van der Waals surface area (Å²) < 4.78 is 10.9. The highest BCUT2D eigenvalue weighted by Crippen LogP contribution is 2.23. The fourth-order valence-corrected chi connectivity index (χ4v) is 5.49. The van der Waals surface area contributed by atoms with E-state index in [1.807, 2.05) is 81.4 Å². The largest absolute Gasteiger partial charge is 0.461 e. The molecule has 2 saturated heterocycles. The van der Waals surface area contributed by atoms with Gasteiger partial charge in [0, 0.05) is 45.6 Å². The molecule has 4 rings (SSSR count). The highest BCUT2D eigenvalue weighted by molar-refractivity contribution is 5.90. The molecule has 2 aliphatic rings. The zero-order valence-corrected chi connectivity index (χ0v) is 26.4. The molecule has 0 saturated carbocycles. The van der Waals surface area contributed by atoms with Gasteiger partial charge in [-0.3, -0.25) is 19.2 Å². The van der Waals surface area contributed by atoms with Gasteiger partial charge in [0.1, 0.15) is 18.2 Å². The Balaban J connectivity index is 1.28. The van der Waals surface area contributed by atoms with Crippen LogP contribution in [0.3, 0.4) is 0 Å². The van der Waals surface area contributed by atoms with E-state index in [9.17, 15) is 24.0 Å². The Labute approximate surface area is 264 Å². The number of piperazine rings is 1. The van der Waals surface area contributed by atoms with Crippen molar-refractivity contribution in [2.24, 2.45) is 0 Å². The first-order valence-electron chi connectivity index (χ1n) is 15.6. The smallest absolute Gasteiger partial charge is 0.410 e. The van der Waals surface area contributed by atoms with Gasteiger partial charge in [0.15, 0.2) is 0 Å². The number of benzene rings is 2. The van der Waals surface area contributed by atoms with Crippen molar-refractivity contribution < 1.29 is 33.4 Å². The van der Waals surface area contributed by atoms with Crippen LogP contribution < -0.4 is 5.32 Å². The molecule has 45 heavy (non-hydrogen) atoms. The van der Waals surface area contributed by atoms with Gasteiger partial charge in [-0.25, -0.2) is 4.79 Å². The summed E-state index contributed by atoms with van der Waals surface area (Å²) in [6, 6.07) is 17.3. The standard InChI is InChI=1S/C34H44N4O7/c1-34(2,3)45-33(43)37-21-19-36(20-22-37)29(39)16-17-30(40)38-18-10-15-28(38)32(42)35-27(26-13-8-5-9-14-26)23-31(41)44-24-25-11-6-4-7-12-25/h4-9,11-14,27-28H,10,15-24H2,1-3H3,(H,35,42). The minimum Gasteiger partial charge on any atom is -0.461 e. The van der Waals surface area contributed by atoms with E-state index < -0.39 is 29.7 Å². The van der Waals surface area contributed by atoms with Crippen molar-refractivity contribution >= 4 is 29.8 Å². The second kappa shape index (κ2) is 15.5. The summed E-state index contributed by atoms with van der Waals surface area (Å²) in [7, 11) is 0. The predicted octanol–water partition coefficient (Wildman–Crippen LogP) is 3.83. The van der Waals surface area contributed by atoms with E-state index in [2.05, 4.69) is 5.32 Å². The number of nitrogens with one attached hydrogen (secondary N) is 1. The Bertz CT molecular complexity index is 1320. The van der Waals surface area contributed by atoms with E-state index in [1.54, 1.807) is 14.7 Å². The summed E-state index contributed by atoms with van der Waals surface area (Å²) in [5, 5.41) is 2.98. The summed E-state index contributed by atoms with van der Waals surface area (Å²) in [6.45, 7) is 7.46. The highest BCUT2D eigenvalue weighted by Gasteiger charge is 2.36. The van der Waals surface area contributed by atoms with E-state index in [-0.39, 0.29) is 43.6 Å². The minimum atomic E-state index is -0.684. The van der Waals surface area contributed by atoms with Gasteiger partial charge < -0.3 is 29.5 Å². The third-order valence-electron chi connectivity index (χ3n) is 7.84. The van der Waals surface area contributed by atoms with E-state index in [1.165, 1.54) is 0 Å². The van der Waals surface area contributed by atoms with Crippen LogP contribution in [0, 0.1) is 0 Å². The monoisotopic (exact) mass is 620 g/mol. The third kappa shape index (κ3) is 10.1. The first-order chi connectivity index (χ1) is 21.5. The number of hydrogen-bond acceptors (Lipinski definition) is 7. The number of hydrogen-bond donors (Lipinski definition) is 1. The van der Waals surface area contributed by atoms with Crippen molar-refractivity contribution in [3.05, 3.63) is 71.8 Å². The molecule has 4 amide bonds. The molecule has 2 heterocycles. The molecule has 1 N–H and O–H groups in total. The normalized spacial score (nSPS) is 17.4. The maximum atomic E-state index is 13.5. The molecule has 242 valence electrons. The lowest BCUT2D eigenvalue weighted by atomic mass is 10.0. The Morgan fingerprint density at radius 3 is 2.07 bits per heavy atom. The van der Waals surface area contributed by atoms with Gasteiger partial charge in [-0.15, -0.1) is 0 Å². The molecule has 2 aliphatic heterocycles. The lowest BCUT2D eigenvalue weighted by molar-refractivity contribution is -0.146. The molecule has 2 aromatic rings. The molecule has 2 atom stereocenters. The number of carbonyl (C=O) groups excluding carboxylic acids is 5. The maximum absolute atomic E-state index is 13.5. The molecule has 0 radical (unpaired) electrons. The second-order valence-electron chi connectivity index (χ2n) is 12.4. The van der Waals surface area contributed by atoms with Crippen LogP contribution in [0.2, 0.25) is 0 Å². The summed E-state index contributed by atoms with van der Waals surface area (Å²) in [4.78, 5) is 69.4. The molecule has 0 aliphatic carbocycles. The number of nitrogens with zero attached hydrogens (tertiary/aromatic N) is 3. The summed E-state index contributed by atoms with van der Waals surface area (Å²) in [5.41, 5.74) is 1.04. The van der Waals surface area contributed by atoms with Gasteiger partial charge in [0.2, 0.25) is 17.7 Å². The second-order valence-corrected chi connectivity index (χ2v) is 12.4. The number of amides is 4. The molecule has 2 aromatic carbocycles. The Morgan fingerprint density at radius 2 is 1.42 bits per heavy atom. The number of carbonyl (C=O) groups is 5. The molecular weight excluding hydrogens is 576 g/mol. The fraction of sp³-hybridized carbons (Fsp3) is 0.500. The summed E-state index contributed by atoms with van der Waals surface area (Å²) in [6.07, 6.45) is 0.719. The average Bonchev–Trinajstić information content (AvgIpc) is 3.53. The van der Waals surface area contributed by atoms with Crippen LogP contribution in [0.1, 0.15) is 70.0 Å². The van der Waals surface area contributed by atoms with Crippen LogP contribution in [0.5, 0.6) is 0 Å². The third-order valence-corrected chi connectivity index (χ3v) is 7.84. The van der Waals surface area contributed by atoms with Crippen molar-refractivity contribution in [1.29, 1.82) is 0 Å². The van der Waals surface area contributed by atoms with Gasteiger partial charge in [0.25, 0.3) is 0 Å².